The van der Waals surface area contributed by atoms with E-state index in [1.165, 1.54) is 16.2 Å². The third-order valence-corrected chi connectivity index (χ3v) is 9.79. The Morgan fingerprint density at radius 1 is 1.00 bits per heavy atom. The first-order chi connectivity index (χ1) is 22.9. The van der Waals surface area contributed by atoms with E-state index in [9.17, 15) is 19.2 Å². The summed E-state index contributed by atoms with van der Waals surface area (Å²) < 4.78 is 16.2. The maximum Gasteiger partial charge on any atom is 0.299 e. The summed E-state index contributed by atoms with van der Waals surface area (Å²) in [4.78, 5) is 62.4. The first kappa shape index (κ1) is 30.4. The molecule has 11 nitrogen and oxygen atoms in total. The van der Waals surface area contributed by atoms with Crippen molar-refractivity contribution in [3.05, 3.63) is 82.7 Å². The summed E-state index contributed by atoms with van der Waals surface area (Å²) in [7, 11) is 1.61. The fourth-order valence-electron chi connectivity index (χ4n) is 6.50. The predicted molar refractivity (Wildman–Crippen MR) is 175 cm³/mol. The zero-order valence-corrected chi connectivity index (χ0v) is 26.5. The van der Waals surface area contributed by atoms with Gasteiger partial charge in [-0.2, -0.15) is 0 Å². The number of benzene rings is 3. The summed E-state index contributed by atoms with van der Waals surface area (Å²) in [5, 5.41) is 5.59. The van der Waals surface area contributed by atoms with Crippen LogP contribution in [0.2, 0.25) is 0 Å². The van der Waals surface area contributed by atoms with Crippen molar-refractivity contribution < 1.29 is 33.4 Å². The molecule has 0 atom stereocenters. The number of carbonyl (C=O) groups excluding carboxylic acids is 4. The van der Waals surface area contributed by atoms with Gasteiger partial charge in [0.25, 0.3) is 11.7 Å². The second-order valence-corrected chi connectivity index (χ2v) is 12.6. The van der Waals surface area contributed by atoms with Crippen molar-refractivity contribution in [3.8, 4) is 28.5 Å². The third-order valence-electron chi connectivity index (χ3n) is 8.95. The quantitative estimate of drug-likeness (QED) is 0.237. The fraction of sp³-hybridized carbons (Fsp3) is 0.286. The van der Waals surface area contributed by atoms with Crippen molar-refractivity contribution in [2.75, 3.05) is 30.7 Å². The fourth-order valence-corrected chi connectivity index (χ4v) is 7.29. The summed E-state index contributed by atoms with van der Waals surface area (Å²) in [5.74, 6) is -0.362. The molecular formula is C35H32N4O7S. The van der Waals surface area contributed by atoms with Gasteiger partial charge in [-0.1, -0.05) is 31.4 Å². The molecule has 1 saturated carbocycles. The molecule has 3 amide bonds. The zero-order chi connectivity index (χ0) is 32.5. The van der Waals surface area contributed by atoms with E-state index < -0.39 is 29.7 Å². The lowest BCUT2D eigenvalue weighted by Gasteiger charge is -2.45. The van der Waals surface area contributed by atoms with Crippen LogP contribution in [0.4, 0.5) is 11.4 Å². The van der Waals surface area contributed by atoms with Crippen molar-refractivity contribution in [2.24, 2.45) is 0 Å². The van der Waals surface area contributed by atoms with E-state index in [1.54, 1.807) is 54.5 Å². The van der Waals surface area contributed by atoms with Gasteiger partial charge in [0.15, 0.2) is 11.5 Å². The summed E-state index contributed by atoms with van der Waals surface area (Å²) in [6.07, 6.45) is 3.24. The van der Waals surface area contributed by atoms with E-state index in [1.807, 2.05) is 29.6 Å². The maximum atomic E-state index is 14.5. The van der Waals surface area contributed by atoms with Crippen LogP contribution in [0, 0.1) is 0 Å². The number of nitrogens with one attached hydrogen (secondary N) is 1. The van der Waals surface area contributed by atoms with Gasteiger partial charge in [0.1, 0.15) is 22.8 Å². The van der Waals surface area contributed by atoms with Crippen LogP contribution < -0.4 is 24.4 Å². The molecule has 3 aromatic carbocycles. The maximum absolute atomic E-state index is 14.5. The topological polar surface area (TPSA) is 127 Å². The predicted octanol–water partition coefficient (Wildman–Crippen LogP) is 5.45. The summed E-state index contributed by atoms with van der Waals surface area (Å²) in [6.45, 7) is -0.241. The lowest BCUT2D eigenvalue weighted by Crippen LogP contribution is -2.61. The van der Waals surface area contributed by atoms with Gasteiger partial charge >= 0.3 is 0 Å². The molecule has 4 aromatic rings. The molecule has 0 unspecified atom stereocenters. The minimum atomic E-state index is -1.23. The van der Waals surface area contributed by atoms with Gasteiger partial charge in [-0.3, -0.25) is 24.1 Å². The third kappa shape index (κ3) is 5.69. The molecule has 1 aromatic heterocycles. The van der Waals surface area contributed by atoms with Gasteiger partial charge in [0.2, 0.25) is 18.6 Å². The van der Waals surface area contributed by atoms with E-state index in [0.717, 1.165) is 36.3 Å². The molecule has 1 aliphatic carbocycles. The number of amides is 3. The summed E-state index contributed by atoms with van der Waals surface area (Å²) in [5.41, 5.74) is 1.54. The minimum Gasteiger partial charge on any atom is -0.497 e. The van der Waals surface area contributed by atoms with Gasteiger partial charge in [-0.05, 0) is 61.4 Å². The molecule has 47 heavy (non-hydrogen) atoms. The number of carbonyl (C=O) groups is 4. The molecule has 0 saturated heterocycles. The minimum absolute atomic E-state index is 0.0475. The lowest BCUT2D eigenvalue weighted by molar-refractivity contribution is -0.148. The molecule has 240 valence electrons. The number of Topliss-reactive ketones (excluding diaryl/α,β-unsaturated/α-hetero) is 1. The van der Waals surface area contributed by atoms with Crippen LogP contribution in [-0.4, -0.2) is 59.4 Å². The molecule has 7 rings (SSSR count). The van der Waals surface area contributed by atoms with Gasteiger partial charge < -0.3 is 24.4 Å². The van der Waals surface area contributed by atoms with E-state index in [-0.39, 0.29) is 24.8 Å². The number of methoxy groups -OCH3 is 1. The largest absolute Gasteiger partial charge is 0.497 e. The SMILES string of the molecule is COc1ccc(-c2csc(CN(C(=O)CN3C(=O)C(=O)c4ccccc43)C3(C(=O)Nc4ccc5c(c4)OCO5)CCCCC3)n2)cc1. The average Bonchev–Trinajstić information content (AvgIpc) is 3.83. The number of aromatic nitrogens is 1. The first-order valence-electron chi connectivity index (χ1n) is 15.4. The van der Waals surface area contributed by atoms with Gasteiger partial charge in [-0.15, -0.1) is 11.3 Å². The van der Waals surface area contributed by atoms with Crippen LogP contribution in [0.25, 0.3) is 11.3 Å². The monoisotopic (exact) mass is 652 g/mol. The Labute approximate surface area is 275 Å². The molecule has 1 N–H and O–H groups in total. The van der Waals surface area contributed by atoms with Crippen LogP contribution in [0.15, 0.2) is 72.1 Å². The number of para-hydroxylation sites is 1. The molecule has 0 radical (unpaired) electrons. The van der Waals surface area contributed by atoms with Gasteiger partial charge in [0, 0.05) is 22.7 Å². The van der Waals surface area contributed by atoms with Crippen LogP contribution in [0.3, 0.4) is 0 Å². The first-order valence-corrected chi connectivity index (χ1v) is 16.3. The molecule has 3 heterocycles. The van der Waals surface area contributed by atoms with Gasteiger partial charge in [-0.25, -0.2) is 4.98 Å². The lowest BCUT2D eigenvalue weighted by atomic mass is 9.79. The molecule has 3 aliphatic rings. The number of hydrogen-bond donors (Lipinski definition) is 1. The highest BCUT2D eigenvalue weighted by atomic mass is 32.1. The van der Waals surface area contributed by atoms with Gasteiger partial charge in [0.05, 0.1) is 30.6 Å². The van der Waals surface area contributed by atoms with Crippen molar-refractivity contribution in [1.29, 1.82) is 0 Å². The number of anilines is 2. The molecule has 1 fully saturated rings. The van der Waals surface area contributed by atoms with Crippen molar-refractivity contribution in [2.45, 2.75) is 44.2 Å². The Kier molecular flexibility index (Phi) is 8.10. The molecule has 0 spiro atoms. The van der Waals surface area contributed by atoms with Crippen molar-refractivity contribution in [1.82, 2.24) is 9.88 Å². The van der Waals surface area contributed by atoms with Crippen LogP contribution in [0.1, 0.15) is 47.5 Å². The number of nitrogens with zero attached hydrogens (tertiary/aromatic N) is 3. The highest BCUT2D eigenvalue weighted by Gasteiger charge is 2.48. The van der Waals surface area contributed by atoms with Crippen LogP contribution in [0.5, 0.6) is 17.2 Å². The van der Waals surface area contributed by atoms with Crippen molar-refractivity contribution >= 4 is 46.2 Å². The Balaban J connectivity index is 1.23. The number of ketones is 1. The number of fused-ring (bicyclic) bond motifs is 2. The normalized spacial score (nSPS) is 16.1. The smallest absolute Gasteiger partial charge is 0.299 e. The highest BCUT2D eigenvalue weighted by Crippen LogP contribution is 2.39. The van der Waals surface area contributed by atoms with Crippen LogP contribution in [-0.2, 0) is 20.9 Å². The van der Waals surface area contributed by atoms with E-state index in [2.05, 4.69) is 5.32 Å². The molecular weight excluding hydrogens is 620 g/mol. The number of rotatable bonds is 9. The van der Waals surface area contributed by atoms with E-state index in [4.69, 9.17) is 19.2 Å². The van der Waals surface area contributed by atoms with E-state index in [0.29, 0.717) is 40.7 Å². The Morgan fingerprint density at radius 2 is 1.77 bits per heavy atom. The highest BCUT2D eigenvalue weighted by molar-refractivity contribution is 7.09. The standard InChI is InChI=1S/C35H32N4O7S/c1-44-24-12-9-22(10-13-24)26-20-47-30(37-26)18-39(31(40)19-38-27-8-4-3-7-25(27)32(41)33(38)42)35(15-5-2-6-16-35)34(43)36-23-11-14-28-29(17-23)46-21-45-28/h3-4,7-14,17,20H,2,5-6,15-16,18-19,21H2,1H3,(H,36,43). The average molecular weight is 653 g/mol. The Hall–Kier alpha value is -5.23. The number of thiazole rings is 1. The van der Waals surface area contributed by atoms with E-state index >= 15 is 0 Å². The number of hydrogen-bond acceptors (Lipinski definition) is 9. The summed E-state index contributed by atoms with van der Waals surface area (Å²) in [6, 6.07) is 19.3. The molecule has 2 aliphatic heterocycles. The number of ether oxygens (including phenoxy) is 3. The Morgan fingerprint density at radius 3 is 2.55 bits per heavy atom. The van der Waals surface area contributed by atoms with Crippen LogP contribution >= 0.6 is 11.3 Å². The molecule has 12 heteroatoms. The molecule has 0 bridgehead atoms. The van der Waals surface area contributed by atoms with Crippen molar-refractivity contribution in [3.63, 3.8) is 0 Å². The Bertz CT molecular complexity index is 1870. The zero-order valence-electron chi connectivity index (χ0n) is 25.7. The summed E-state index contributed by atoms with van der Waals surface area (Å²) >= 11 is 1.39. The second-order valence-electron chi connectivity index (χ2n) is 11.7. The second kappa shape index (κ2) is 12.5.